The summed E-state index contributed by atoms with van der Waals surface area (Å²) in [6.45, 7) is 9.46. The van der Waals surface area contributed by atoms with Gasteiger partial charge in [-0.25, -0.2) is 9.59 Å². The molecule has 1 heterocycles. The third-order valence-electron chi connectivity index (χ3n) is 5.47. The Labute approximate surface area is 191 Å². The van der Waals surface area contributed by atoms with Gasteiger partial charge >= 0.3 is 12.2 Å². The lowest BCUT2D eigenvalue weighted by Gasteiger charge is -2.38. The fourth-order valence-electron chi connectivity index (χ4n) is 3.72. The zero-order chi connectivity index (χ0) is 23.1. The molecule has 2 aromatic rings. The Bertz CT molecular complexity index is 882. The molecule has 0 aliphatic carbocycles. The van der Waals surface area contributed by atoms with E-state index in [-0.39, 0.29) is 24.8 Å². The summed E-state index contributed by atoms with van der Waals surface area (Å²) in [6.07, 6.45) is 0.745. The van der Waals surface area contributed by atoms with E-state index in [0.29, 0.717) is 32.5 Å². The Hall–Kier alpha value is -3.02. The molecule has 0 bridgehead atoms. The van der Waals surface area contributed by atoms with E-state index in [1.165, 1.54) is 5.56 Å². The number of likely N-dealkylation sites (tertiary alicyclic amines) is 1. The van der Waals surface area contributed by atoms with Crippen LogP contribution in [0.4, 0.5) is 9.59 Å². The van der Waals surface area contributed by atoms with E-state index in [1.54, 1.807) is 9.80 Å². The first-order chi connectivity index (χ1) is 15.2. The van der Waals surface area contributed by atoms with Crippen LogP contribution in [0.5, 0.6) is 0 Å². The second kappa shape index (κ2) is 10.5. The number of piperidine rings is 1. The average Bonchev–Trinajstić information content (AvgIpc) is 2.77. The van der Waals surface area contributed by atoms with E-state index in [9.17, 15) is 9.59 Å². The summed E-state index contributed by atoms with van der Waals surface area (Å²) in [5, 5.41) is 0. The van der Waals surface area contributed by atoms with Gasteiger partial charge in [0.15, 0.2) is 0 Å². The van der Waals surface area contributed by atoms with Gasteiger partial charge in [-0.05, 0) is 51.7 Å². The number of carbonyl (C=O) groups excluding carboxylic acids is 2. The van der Waals surface area contributed by atoms with Crippen molar-refractivity contribution in [3.63, 3.8) is 0 Å². The van der Waals surface area contributed by atoms with Crippen molar-refractivity contribution in [3.05, 3.63) is 71.3 Å². The van der Waals surface area contributed by atoms with Crippen LogP contribution in [0, 0.1) is 6.92 Å². The first kappa shape index (κ1) is 23.6. The van der Waals surface area contributed by atoms with Crippen LogP contribution in [0.25, 0.3) is 0 Å². The molecule has 2 amide bonds. The van der Waals surface area contributed by atoms with Gasteiger partial charge in [0.2, 0.25) is 0 Å². The fraction of sp³-hybridized carbons (Fsp3) is 0.462. The van der Waals surface area contributed by atoms with Gasteiger partial charge in [0, 0.05) is 25.7 Å². The topological polar surface area (TPSA) is 59.1 Å². The molecule has 0 atom stereocenters. The molecule has 0 radical (unpaired) electrons. The molecule has 0 spiro atoms. The van der Waals surface area contributed by atoms with Crippen LogP contribution in [-0.2, 0) is 22.6 Å². The molecule has 1 aliphatic rings. The second-order valence-corrected chi connectivity index (χ2v) is 9.35. The number of carbonyl (C=O) groups is 2. The molecule has 0 saturated carbocycles. The molecule has 1 saturated heterocycles. The Kier molecular flexibility index (Phi) is 7.78. The average molecular weight is 439 g/mol. The van der Waals surface area contributed by atoms with Crippen molar-refractivity contribution >= 4 is 12.2 Å². The number of ether oxygens (including phenoxy) is 2. The fourth-order valence-corrected chi connectivity index (χ4v) is 3.72. The summed E-state index contributed by atoms with van der Waals surface area (Å²) in [7, 11) is 0. The quantitative estimate of drug-likeness (QED) is 0.616. The van der Waals surface area contributed by atoms with Crippen LogP contribution in [0.3, 0.4) is 0 Å². The third-order valence-corrected chi connectivity index (χ3v) is 5.47. The number of nitrogens with zero attached hydrogens (tertiary/aromatic N) is 2. The highest BCUT2D eigenvalue weighted by atomic mass is 16.6. The maximum Gasteiger partial charge on any atom is 0.410 e. The van der Waals surface area contributed by atoms with E-state index in [4.69, 9.17) is 9.47 Å². The van der Waals surface area contributed by atoms with E-state index in [1.807, 2.05) is 82.3 Å². The lowest BCUT2D eigenvalue weighted by atomic mass is 10.0. The predicted octanol–water partition coefficient (Wildman–Crippen LogP) is 5.53. The van der Waals surface area contributed by atoms with Gasteiger partial charge in [0.05, 0.1) is 0 Å². The lowest BCUT2D eigenvalue weighted by molar-refractivity contribution is 0.0127. The maximum atomic E-state index is 13.1. The van der Waals surface area contributed by atoms with Crippen LogP contribution in [-0.4, -0.2) is 46.7 Å². The summed E-state index contributed by atoms with van der Waals surface area (Å²) in [5.41, 5.74) is 2.67. The molecule has 1 fully saturated rings. The van der Waals surface area contributed by atoms with Gasteiger partial charge in [0.25, 0.3) is 0 Å². The highest BCUT2D eigenvalue weighted by Gasteiger charge is 2.32. The normalized spacial score (nSPS) is 14.7. The minimum absolute atomic E-state index is 0.00161. The van der Waals surface area contributed by atoms with Crippen molar-refractivity contribution in [2.75, 3.05) is 13.1 Å². The lowest BCUT2D eigenvalue weighted by Crippen LogP contribution is -2.49. The van der Waals surface area contributed by atoms with Crippen LogP contribution < -0.4 is 0 Å². The Morgan fingerprint density at radius 1 is 0.969 bits per heavy atom. The Morgan fingerprint density at radius 2 is 1.59 bits per heavy atom. The van der Waals surface area contributed by atoms with Crippen molar-refractivity contribution < 1.29 is 19.1 Å². The second-order valence-electron chi connectivity index (χ2n) is 9.35. The van der Waals surface area contributed by atoms with Crippen molar-refractivity contribution in [3.8, 4) is 0 Å². The number of hydrogen-bond donors (Lipinski definition) is 0. The third kappa shape index (κ3) is 7.01. The summed E-state index contributed by atoms with van der Waals surface area (Å²) in [4.78, 5) is 29.0. The molecule has 32 heavy (non-hydrogen) atoms. The van der Waals surface area contributed by atoms with Gasteiger partial charge in [-0.15, -0.1) is 0 Å². The molecule has 0 aromatic heterocycles. The smallest absolute Gasteiger partial charge is 0.410 e. The number of aryl methyl sites for hydroxylation is 1. The van der Waals surface area contributed by atoms with Crippen molar-refractivity contribution in [1.29, 1.82) is 0 Å². The van der Waals surface area contributed by atoms with Crippen LogP contribution in [0.2, 0.25) is 0 Å². The molecular formula is C26H34N2O4. The molecule has 0 unspecified atom stereocenters. The Balaban J connectivity index is 1.66. The SMILES string of the molecule is Cc1ccc(CN(C(=O)OCc2ccccc2)C2CCN(C(=O)OC(C)(C)C)CC2)cc1. The van der Waals surface area contributed by atoms with E-state index >= 15 is 0 Å². The minimum Gasteiger partial charge on any atom is -0.445 e. The van der Waals surface area contributed by atoms with Crippen LogP contribution in [0.1, 0.15) is 50.3 Å². The highest BCUT2D eigenvalue weighted by molar-refractivity contribution is 5.69. The maximum absolute atomic E-state index is 13.1. The van der Waals surface area contributed by atoms with Crippen LogP contribution in [0.15, 0.2) is 54.6 Å². The zero-order valence-electron chi connectivity index (χ0n) is 19.5. The van der Waals surface area contributed by atoms with Crippen molar-refractivity contribution in [2.45, 2.75) is 65.3 Å². The molecule has 1 aliphatic heterocycles. The molecule has 3 rings (SSSR count). The highest BCUT2D eigenvalue weighted by Crippen LogP contribution is 2.22. The molecule has 0 N–H and O–H groups in total. The van der Waals surface area contributed by atoms with Crippen molar-refractivity contribution in [1.82, 2.24) is 9.80 Å². The molecule has 6 heteroatoms. The molecule has 2 aromatic carbocycles. The number of hydrogen-bond acceptors (Lipinski definition) is 4. The monoisotopic (exact) mass is 438 g/mol. The summed E-state index contributed by atoms with van der Waals surface area (Å²) in [5.74, 6) is 0. The number of rotatable bonds is 5. The van der Waals surface area contributed by atoms with Gasteiger partial charge in [-0.3, -0.25) is 0 Å². The first-order valence-corrected chi connectivity index (χ1v) is 11.2. The zero-order valence-corrected chi connectivity index (χ0v) is 19.5. The molecular weight excluding hydrogens is 404 g/mol. The standard InChI is InChI=1S/C26H34N2O4/c1-20-10-12-21(13-11-20)18-28(25(30)31-19-22-8-6-5-7-9-22)23-14-16-27(17-15-23)24(29)32-26(2,3)4/h5-13,23H,14-19H2,1-4H3. The minimum atomic E-state index is -0.521. The summed E-state index contributed by atoms with van der Waals surface area (Å²) in [6, 6.07) is 17.9. The van der Waals surface area contributed by atoms with Gasteiger partial charge < -0.3 is 19.3 Å². The summed E-state index contributed by atoms with van der Waals surface area (Å²) < 4.78 is 11.2. The molecule has 172 valence electrons. The van der Waals surface area contributed by atoms with Crippen LogP contribution >= 0.6 is 0 Å². The van der Waals surface area contributed by atoms with Gasteiger partial charge in [-0.2, -0.15) is 0 Å². The number of amides is 2. The van der Waals surface area contributed by atoms with E-state index in [0.717, 1.165) is 11.1 Å². The van der Waals surface area contributed by atoms with Gasteiger partial charge in [-0.1, -0.05) is 60.2 Å². The van der Waals surface area contributed by atoms with Gasteiger partial charge in [0.1, 0.15) is 12.2 Å². The summed E-state index contributed by atoms with van der Waals surface area (Å²) >= 11 is 0. The van der Waals surface area contributed by atoms with E-state index < -0.39 is 5.60 Å². The number of benzene rings is 2. The Morgan fingerprint density at radius 3 is 2.19 bits per heavy atom. The largest absolute Gasteiger partial charge is 0.445 e. The van der Waals surface area contributed by atoms with E-state index in [2.05, 4.69) is 0 Å². The first-order valence-electron chi connectivity index (χ1n) is 11.2. The predicted molar refractivity (Wildman–Crippen MR) is 124 cm³/mol. The molecule has 6 nitrogen and oxygen atoms in total. The van der Waals surface area contributed by atoms with Crippen molar-refractivity contribution in [2.24, 2.45) is 0 Å².